The van der Waals surface area contributed by atoms with Gasteiger partial charge in [-0.1, -0.05) is 31.1 Å². The molecule has 0 aromatic carbocycles. The van der Waals surface area contributed by atoms with Crippen LogP contribution in [-0.2, 0) is 11.2 Å². The summed E-state index contributed by atoms with van der Waals surface area (Å²) >= 11 is 1.39. The number of rotatable bonds is 4. The lowest BCUT2D eigenvalue weighted by molar-refractivity contribution is -0.134. The molecule has 25 heavy (non-hydrogen) atoms. The molecule has 2 aromatic rings. The molecule has 3 heterocycles. The van der Waals surface area contributed by atoms with Crippen LogP contribution in [0.15, 0.2) is 10.9 Å². The van der Waals surface area contributed by atoms with Crippen LogP contribution in [0, 0.1) is 5.92 Å². The second-order valence-electron chi connectivity index (χ2n) is 6.94. The highest BCUT2D eigenvalue weighted by Gasteiger charge is 2.32. The van der Waals surface area contributed by atoms with Gasteiger partial charge in [0.25, 0.3) is 5.56 Å². The minimum absolute atomic E-state index is 0.143. The van der Waals surface area contributed by atoms with Gasteiger partial charge in [-0.2, -0.15) is 4.52 Å². The van der Waals surface area contributed by atoms with Crippen LogP contribution in [0.4, 0.5) is 5.13 Å². The zero-order valence-electron chi connectivity index (χ0n) is 14.4. The van der Waals surface area contributed by atoms with E-state index < -0.39 is 0 Å². The minimum Gasteiger partial charge on any atom is -0.355 e. The van der Waals surface area contributed by atoms with Crippen LogP contribution in [0.3, 0.4) is 0 Å². The molecule has 1 saturated heterocycles. The summed E-state index contributed by atoms with van der Waals surface area (Å²) in [7, 11) is 0. The summed E-state index contributed by atoms with van der Waals surface area (Å²) in [6, 6.07) is 1.72. The van der Waals surface area contributed by atoms with Crippen LogP contribution in [-0.4, -0.2) is 44.5 Å². The molecule has 1 aliphatic carbocycles. The van der Waals surface area contributed by atoms with E-state index in [0.29, 0.717) is 22.5 Å². The smallest absolute Gasteiger partial charge is 0.275 e. The van der Waals surface area contributed by atoms with Crippen LogP contribution in [0.25, 0.3) is 4.96 Å². The molecule has 2 fully saturated rings. The molecule has 1 N–H and O–H groups in total. The fourth-order valence-electron chi connectivity index (χ4n) is 3.78. The van der Waals surface area contributed by atoms with E-state index in [-0.39, 0.29) is 17.5 Å². The second kappa shape index (κ2) is 6.74. The number of hydrogen-bond acceptors (Lipinski definition) is 6. The number of anilines is 1. The number of fused-ring (bicyclic) bond motifs is 1. The molecule has 2 aromatic heterocycles. The summed E-state index contributed by atoms with van der Waals surface area (Å²) in [6.07, 6.45) is 6.09. The van der Waals surface area contributed by atoms with Crippen molar-refractivity contribution in [2.24, 2.45) is 5.92 Å². The third-order valence-corrected chi connectivity index (χ3v) is 6.03. The van der Waals surface area contributed by atoms with Gasteiger partial charge in [-0.25, -0.2) is 4.98 Å². The van der Waals surface area contributed by atoms with Crippen molar-refractivity contribution in [2.45, 2.75) is 51.5 Å². The lowest BCUT2D eigenvalue weighted by Crippen LogP contribution is -2.35. The fraction of sp³-hybridized carbons (Fsp3) is 0.647. The van der Waals surface area contributed by atoms with E-state index in [2.05, 4.69) is 15.4 Å². The average molecular weight is 361 g/mol. The van der Waals surface area contributed by atoms with Crippen molar-refractivity contribution in [3.63, 3.8) is 0 Å². The summed E-state index contributed by atoms with van der Waals surface area (Å²) in [6.45, 7) is 3.50. The van der Waals surface area contributed by atoms with Gasteiger partial charge in [-0.3, -0.25) is 9.59 Å². The maximum atomic E-state index is 12.5. The van der Waals surface area contributed by atoms with E-state index in [1.807, 2.05) is 11.8 Å². The highest BCUT2D eigenvalue weighted by molar-refractivity contribution is 7.20. The Balaban J connectivity index is 1.44. The van der Waals surface area contributed by atoms with Crippen molar-refractivity contribution in [1.82, 2.24) is 19.5 Å². The van der Waals surface area contributed by atoms with Gasteiger partial charge in [0.05, 0.1) is 0 Å². The van der Waals surface area contributed by atoms with Gasteiger partial charge in [0, 0.05) is 36.8 Å². The fourth-order valence-corrected chi connectivity index (χ4v) is 4.68. The lowest BCUT2D eigenvalue weighted by Gasteiger charge is -2.20. The van der Waals surface area contributed by atoms with E-state index in [4.69, 9.17) is 0 Å². The Morgan fingerprint density at radius 2 is 2.16 bits per heavy atom. The summed E-state index contributed by atoms with van der Waals surface area (Å²) in [5.74, 6) is 0.549. The first-order valence-corrected chi connectivity index (χ1v) is 9.91. The number of aryl methyl sites for hydroxylation is 1. The van der Waals surface area contributed by atoms with Gasteiger partial charge in [0.1, 0.15) is 0 Å². The Labute approximate surface area is 150 Å². The Kier molecular flexibility index (Phi) is 4.45. The van der Waals surface area contributed by atoms with Gasteiger partial charge >= 0.3 is 0 Å². The summed E-state index contributed by atoms with van der Waals surface area (Å²) in [5, 5.41) is 8.42. The van der Waals surface area contributed by atoms with Crippen molar-refractivity contribution in [2.75, 3.05) is 18.4 Å². The van der Waals surface area contributed by atoms with Gasteiger partial charge in [0.2, 0.25) is 16.0 Å². The monoisotopic (exact) mass is 361 g/mol. The number of carbonyl (C=O) groups excluding carboxylic acids is 1. The first-order chi connectivity index (χ1) is 12.1. The molecule has 134 valence electrons. The summed E-state index contributed by atoms with van der Waals surface area (Å²) in [4.78, 5) is 31.7. The molecule has 0 bridgehead atoms. The predicted octanol–water partition coefficient (Wildman–Crippen LogP) is 1.92. The largest absolute Gasteiger partial charge is 0.355 e. The second-order valence-corrected chi connectivity index (χ2v) is 7.89. The molecule has 1 saturated carbocycles. The molecule has 0 radical (unpaired) electrons. The molecule has 2 aliphatic rings. The lowest BCUT2D eigenvalue weighted by atomic mass is 10.1. The topological polar surface area (TPSA) is 79.6 Å². The first kappa shape index (κ1) is 16.5. The SMILES string of the molecule is CCc1cc(=O)n2nc(NC3CCN(C(=O)C4CCCC4)C3)sc2n1. The number of carbonyl (C=O) groups is 1. The number of likely N-dealkylation sites (tertiary alicyclic amines) is 1. The van der Waals surface area contributed by atoms with Crippen molar-refractivity contribution in [3.8, 4) is 0 Å². The van der Waals surface area contributed by atoms with Crippen LogP contribution < -0.4 is 10.9 Å². The first-order valence-electron chi connectivity index (χ1n) is 9.09. The number of nitrogens with one attached hydrogen (secondary N) is 1. The quantitative estimate of drug-likeness (QED) is 0.900. The van der Waals surface area contributed by atoms with Crippen molar-refractivity contribution >= 4 is 27.3 Å². The van der Waals surface area contributed by atoms with Crippen LogP contribution in [0.1, 0.15) is 44.7 Å². The Bertz CT molecular complexity index is 839. The van der Waals surface area contributed by atoms with Crippen molar-refractivity contribution in [3.05, 3.63) is 22.1 Å². The molecule has 7 nitrogen and oxygen atoms in total. The molecule has 1 aliphatic heterocycles. The number of hydrogen-bond donors (Lipinski definition) is 1. The number of nitrogens with zero attached hydrogens (tertiary/aromatic N) is 4. The van der Waals surface area contributed by atoms with E-state index in [1.165, 1.54) is 34.8 Å². The Morgan fingerprint density at radius 1 is 1.36 bits per heavy atom. The average Bonchev–Trinajstić information content (AvgIpc) is 3.34. The molecule has 4 rings (SSSR count). The van der Waals surface area contributed by atoms with Crippen LogP contribution in [0.2, 0.25) is 0 Å². The normalized spacial score (nSPS) is 21.3. The zero-order chi connectivity index (χ0) is 17.4. The summed E-state index contributed by atoms with van der Waals surface area (Å²) < 4.78 is 1.35. The van der Waals surface area contributed by atoms with Gasteiger partial charge in [0.15, 0.2) is 0 Å². The van der Waals surface area contributed by atoms with Gasteiger partial charge < -0.3 is 10.2 Å². The highest BCUT2D eigenvalue weighted by atomic mass is 32.1. The molecule has 1 atom stereocenters. The van der Waals surface area contributed by atoms with Gasteiger partial charge in [-0.15, -0.1) is 5.10 Å². The third-order valence-electron chi connectivity index (χ3n) is 5.19. The third kappa shape index (κ3) is 3.27. The van der Waals surface area contributed by atoms with E-state index >= 15 is 0 Å². The zero-order valence-corrected chi connectivity index (χ0v) is 15.2. The number of amides is 1. The molecule has 1 unspecified atom stereocenters. The molecule has 1 amide bonds. The van der Waals surface area contributed by atoms with Crippen molar-refractivity contribution < 1.29 is 4.79 Å². The van der Waals surface area contributed by atoms with E-state index in [0.717, 1.165) is 37.9 Å². The van der Waals surface area contributed by atoms with Gasteiger partial charge in [-0.05, 0) is 25.7 Å². The molecule has 0 spiro atoms. The standard InChI is InChI=1S/C17H23N5O2S/c1-2-12-9-14(23)22-17(19-12)25-16(20-22)18-13-7-8-21(10-13)15(24)11-5-3-4-6-11/h9,11,13H,2-8,10H2,1H3,(H,18,20). The van der Waals surface area contributed by atoms with Crippen molar-refractivity contribution in [1.29, 1.82) is 0 Å². The minimum atomic E-state index is -0.143. The van der Waals surface area contributed by atoms with Crippen LogP contribution >= 0.6 is 11.3 Å². The highest BCUT2D eigenvalue weighted by Crippen LogP contribution is 2.28. The Hall–Kier alpha value is -1.96. The van der Waals surface area contributed by atoms with E-state index in [9.17, 15) is 9.59 Å². The number of aromatic nitrogens is 3. The predicted molar refractivity (Wildman–Crippen MR) is 97.1 cm³/mol. The summed E-state index contributed by atoms with van der Waals surface area (Å²) in [5.41, 5.74) is 0.644. The molecule has 8 heteroatoms. The molecular weight excluding hydrogens is 338 g/mol. The Morgan fingerprint density at radius 3 is 2.92 bits per heavy atom. The molecular formula is C17H23N5O2S. The van der Waals surface area contributed by atoms with Crippen LogP contribution in [0.5, 0.6) is 0 Å². The van der Waals surface area contributed by atoms with E-state index in [1.54, 1.807) is 0 Å². The maximum Gasteiger partial charge on any atom is 0.275 e. The maximum absolute atomic E-state index is 12.5.